The Kier molecular flexibility index (Phi) is 5.52. The van der Waals surface area contributed by atoms with Crippen LogP contribution in [0.15, 0.2) is 24.3 Å². The predicted molar refractivity (Wildman–Crippen MR) is 92.1 cm³/mol. The summed E-state index contributed by atoms with van der Waals surface area (Å²) in [4.78, 5) is 25.8. The van der Waals surface area contributed by atoms with Gasteiger partial charge in [-0.25, -0.2) is 4.79 Å². The molecule has 1 fully saturated rings. The maximum Gasteiger partial charge on any atom is 0.410 e. The highest BCUT2D eigenvalue weighted by molar-refractivity contribution is 5.77. The highest BCUT2D eigenvalue weighted by atomic mass is 16.6. The molecule has 1 aliphatic rings. The first-order chi connectivity index (χ1) is 11.2. The fourth-order valence-electron chi connectivity index (χ4n) is 3.16. The van der Waals surface area contributed by atoms with Gasteiger partial charge in [-0.1, -0.05) is 29.8 Å². The second-order valence-corrected chi connectivity index (χ2v) is 7.56. The van der Waals surface area contributed by atoms with Crippen LogP contribution in [0.25, 0.3) is 0 Å². The largest absolute Gasteiger partial charge is 0.481 e. The number of nitrogens with zero attached hydrogens (tertiary/aromatic N) is 1. The molecule has 1 aromatic rings. The third-order valence-electron chi connectivity index (χ3n) is 4.28. The third-order valence-corrected chi connectivity index (χ3v) is 4.28. The standard InChI is InChI=1S/C19H27NO4/c1-13-7-9-14(10-8-13)16(17(21)22)15-6-5-11-20(12-15)18(23)24-19(2,3)4/h7-10,15-16H,5-6,11-12H2,1-4H3,(H,21,22). The summed E-state index contributed by atoms with van der Waals surface area (Å²) >= 11 is 0. The molecule has 0 radical (unpaired) electrons. The second-order valence-electron chi connectivity index (χ2n) is 7.56. The van der Waals surface area contributed by atoms with E-state index in [1.165, 1.54) is 0 Å². The van der Waals surface area contributed by atoms with Gasteiger partial charge in [-0.15, -0.1) is 0 Å². The van der Waals surface area contributed by atoms with E-state index in [1.54, 1.807) is 4.90 Å². The van der Waals surface area contributed by atoms with Crippen molar-refractivity contribution in [3.05, 3.63) is 35.4 Å². The molecule has 1 saturated heterocycles. The molecule has 1 aromatic carbocycles. The first-order valence-electron chi connectivity index (χ1n) is 8.44. The molecule has 0 spiro atoms. The van der Waals surface area contributed by atoms with Crippen LogP contribution in [0.2, 0.25) is 0 Å². The lowest BCUT2D eigenvalue weighted by molar-refractivity contribution is -0.140. The maximum atomic E-state index is 12.3. The van der Waals surface area contributed by atoms with Gasteiger partial charge in [-0.2, -0.15) is 0 Å². The highest BCUT2D eigenvalue weighted by Gasteiger charge is 2.35. The van der Waals surface area contributed by atoms with Crippen molar-refractivity contribution in [2.75, 3.05) is 13.1 Å². The van der Waals surface area contributed by atoms with Crippen LogP contribution in [0, 0.1) is 12.8 Å². The molecule has 24 heavy (non-hydrogen) atoms. The van der Waals surface area contributed by atoms with Crippen LogP contribution in [0.4, 0.5) is 4.79 Å². The van der Waals surface area contributed by atoms with Gasteiger partial charge in [0.25, 0.3) is 0 Å². The van der Waals surface area contributed by atoms with Crippen molar-refractivity contribution in [3.8, 4) is 0 Å². The van der Waals surface area contributed by atoms with E-state index in [2.05, 4.69) is 0 Å². The maximum absolute atomic E-state index is 12.3. The third kappa shape index (κ3) is 4.73. The van der Waals surface area contributed by atoms with Gasteiger partial charge in [0.05, 0.1) is 5.92 Å². The Hall–Kier alpha value is -2.04. The number of benzene rings is 1. The molecule has 1 amide bonds. The van der Waals surface area contributed by atoms with Gasteiger partial charge in [0.1, 0.15) is 5.60 Å². The topological polar surface area (TPSA) is 66.8 Å². The fourth-order valence-corrected chi connectivity index (χ4v) is 3.16. The van der Waals surface area contributed by atoms with Crippen molar-refractivity contribution in [3.63, 3.8) is 0 Å². The van der Waals surface area contributed by atoms with Crippen LogP contribution in [0.5, 0.6) is 0 Å². The fraction of sp³-hybridized carbons (Fsp3) is 0.579. The molecule has 0 saturated carbocycles. The summed E-state index contributed by atoms with van der Waals surface area (Å²) < 4.78 is 5.43. The van der Waals surface area contributed by atoms with Crippen LogP contribution in [0.3, 0.4) is 0 Å². The zero-order valence-corrected chi connectivity index (χ0v) is 14.9. The van der Waals surface area contributed by atoms with E-state index >= 15 is 0 Å². The minimum Gasteiger partial charge on any atom is -0.481 e. The van der Waals surface area contributed by atoms with Crippen molar-refractivity contribution in [2.45, 2.75) is 52.1 Å². The Bertz CT molecular complexity index is 588. The van der Waals surface area contributed by atoms with Gasteiger partial charge in [-0.3, -0.25) is 4.79 Å². The Morgan fingerprint density at radius 1 is 1.25 bits per heavy atom. The molecule has 5 nitrogen and oxygen atoms in total. The molecular formula is C19H27NO4. The number of carbonyl (C=O) groups is 2. The number of amides is 1. The number of piperidine rings is 1. The summed E-state index contributed by atoms with van der Waals surface area (Å²) in [5.74, 6) is -1.54. The summed E-state index contributed by atoms with van der Waals surface area (Å²) in [6.07, 6.45) is 1.23. The first kappa shape index (κ1) is 18.3. The molecule has 1 heterocycles. The summed E-state index contributed by atoms with van der Waals surface area (Å²) in [6, 6.07) is 7.61. The van der Waals surface area contributed by atoms with E-state index in [0.717, 1.165) is 24.0 Å². The van der Waals surface area contributed by atoms with Gasteiger partial charge in [0, 0.05) is 13.1 Å². The van der Waals surface area contributed by atoms with Crippen molar-refractivity contribution in [1.82, 2.24) is 4.90 Å². The molecule has 2 atom stereocenters. The van der Waals surface area contributed by atoms with Crippen LogP contribution < -0.4 is 0 Å². The Morgan fingerprint density at radius 2 is 1.88 bits per heavy atom. The van der Waals surface area contributed by atoms with Crippen molar-refractivity contribution < 1.29 is 19.4 Å². The summed E-state index contributed by atoms with van der Waals surface area (Å²) in [7, 11) is 0. The van der Waals surface area contributed by atoms with Crippen LogP contribution >= 0.6 is 0 Å². The molecule has 1 N–H and O–H groups in total. The molecule has 2 unspecified atom stereocenters. The minimum absolute atomic E-state index is 0.105. The molecule has 0 aliphatic carbocycles. The number of carbonyl (C=O) groups excluding carboxylic acids is 1. The van der Waals surface area contributed by atoms with Crippen molar-refractivity contribution >= 4 is 12.1 Å². The Morgan fingerprint density at radius 3 is 2.42 bits per heavy atom. The van der Waals surface area contributed by atoms with E-state index in [4.69, 9.17) is 4.74 Å². The van der Waals surface area contributed by atoms with Gasteiger partial charge in [0.15, 0.2) is 0 Å². The smallest absolute Gasteiger partial charge is 0.410 e. The summed E-state index contributed by atoms with van der Waals surface area (Å²) in [6.45, 7) is 8.51. The number of hydrogen-bond donors (Lipinski definition) is 1. The van der Waals surface area contributed by atoms with Crippen molar-refractivity contribution in [2.24, 2.45) is 5.92 Å². The van der Waals surface area contributed by atoms with Crippen LogP contribution in [-0.4, -0.2) is 40.8 Å². The highest BCUT2D eigenvalue weighted by Crippen LogP contribution is 2.32. The van der Waals surface area contributed by atoms with Gasteiger partial charge in [-0.05, 0) is 52.0 Å². The minimum atomic E-state index is -0.838. The second kappa shape index (κ2) is 7.24. The van der Waals surface area contributed by atoms with E-state index in [9.17, 15) is 14.7 Å². The first-order valence-corrected chi connectivity index (χ1v) is 8.44. The number of ether oxygens (including phenoxy) is 1. The number of aliphatic carboxylic acids is 1. The number of likely N-dealkylation sites (tertiary alicyclic amines) is 1. The number of aryl methyl sites for hydroxylation is 1. The lowest BCUT2D eigenvalue weighted by atomic mass is 9.81. The van der Waals surface area contributed by atoms with E-state index < -0.39 is 17.5 Å². The van der Waals surface area contributed by atoms with Gasteiger partial charge >= 0.3 is 12.1 Å². The van der Waals surface area contributed by atoms with Gasteiger partial charge in [0.2, 0.25) is 0 Å². The summed E-state index contributed by atoms with van der Waals surface area (Å²) in [5, 5.41) is 9.72. The number of rotatable bonds is 3. The van der Waals surface area contributed by atoms with E-state index in [1.807, 2.05) is 52.0 Å². The molecule has 132 valence electrons. The lowest BCUT2D eigenvalue weighted by Crippen LogP contribution is -2.45. The normalized spacial score (nSPS) is 19.7. The van der Waals surface area contributed by atoms with Crippen LogP contribution in [0.1, 0.15) is 50.7 Å². The molecule has 5 heteroatoms. The predicted octanol–water partition coefficient (Wildman–Crippen LogP) is 3.81. The number of hydrogen-bond acceptors (Lipinski definition) is 3. The van der Waals surface area contributed by atoms with E-state index in [0.29, 0.717) is 13.1 Å². The van der Waals surface area contributed by atoms with Crippen molar-refractivity contribution in [1.29, 1.82) is 0 Å². The lowest BCUT2D eigenvalue weighted by Gasteiger charge is -2.36. The quantitative estimate of drug-likeness (QED) is 0.913. The van der Waals surface area contributed by atoms with E-state index in [-0.39, 0.29) is 12.0 Å². The molecule has 0 bridgehead atoms. The zero-order valence-electron chi connectivity index (χ0n) is 14.9. The molecular weight excluding hydrogens is 306 g/mol. The number of carboxylic acid groups (broad SMARTS) is 1. The average Bonchev–Trinajstić information content (AvgIpc) is 2.48. The monoisotopic (exact) mass is 333 g/mol. The number of carboxylic acids is 1. The average molecular weight is 333 g/mol. The summed E-state index contributed by atoms with van der Waals surface area (Å²) in [5.41, 5.74) is 1.35. The van der Waals surface area contributed by atoms with Gasteiger partial charge < -0.3 is 14.7 Å². The molecule has 2 rings (SSSR count). The Balaban J connectivity index is 2.14. The van der Waals surface area contributed by atoms with Crippen LogP contribution in [-0.2, 0) is 9.53 Å². The molecule has 0 aromatic heterocycles. The zero-order chi connectivity index (χ0) is 17.9. The molecule has 1 aliphatic heterocycles. The Labute approximate surface area is 143 Å². The SMILES string of the molecule is Cc1ccc(C(C(=O)O)C2CCCN(C(=O)OC(C)(C)C)C2)cc1.